The number of carbonyl (C=O) groups is 1. The minimum atomic E-state index is 0.232. The molecular weight excluding hydrogens is 292 g/mol. The first-order valence-corrected chi connectivity index (χ1v) is 8.61. The van der Waals surface area contributed by atoms with Crippen LogP contribution in [-0.4, -0.2) is 37.1 Å². The smallest absolute Gasteiger partial charge is 0.222 e. The van der Waals surface area contributed by atoms with E-state index in [1.807, 2.05) is 30.9 Å². The topological polar surface area (TPSA) is 64.8 Å². The van der Waals surface area contributed by atoms with Gasteiger partial charge in [0, 0.05) is 19.5 Å². The van der Waals surface area contributed by atoms with Crippen LogP contribution in [0.5, 0.6) is 11.5 Å². The number of amides is 1. The van der Waals surface area contributed by atoms with Gasteiger partial charge in [-0.25, -0.2) is 0 Å². The van der Waals surface area contributed by atoms with E-state index in [2.05, 4.69) is 0 Å². The molecular formula is C18H28N2O3. The lowest BCUT2D eigenvalue weighted by molar-refractivity contribution is -0.132. The van der Waals surface area contributed by atoms with E-state index in [0.29, 0.717) is 43.2 Å². The molecule has 23 heavy (non-hydrogen) atoms. The summed E-state index contributed by atoms with van der Waals surface area (Å²) in [5.41, 5.74) is 7.67. The van der Waals surface area contributed by atoms with Crippen LogP contribution in [0.4, 0.5) is 5.69 Å². The molecule has 1 heterocycles. The molecule has 1 aromatic carbocycles. The largest absolute Gasteiger partial charge is 0.490 e. The number of nitrogens with zero attached hydrogens (tertiary/aromatic N) is 1. The van der Waals surface area contributed by atoms with Gasteiger partial charge in [0.15, 0.2) is 11.5 Å². The van der Waals surface area contributed by atoms with E-state index >= 15 is 0 Å². The van der Waals surface area contributed by atoms with Crippen molar-refractivity contribution in [2.24, 2.45) is 0 Å². The number of hydrogen-bond acceptors (Lipinski definition) is 4. The number of benzene rings is 1. The number of nitrogen functional groups attached to an aromatic ring is 1. The summed E-state index contributed by atoms with van der Waals surface area (Å²) < 4.78 is 11.2. The van der Waals surface area contributed by atoms with Crippen LogP contribution in [0.1, 0.15) is 45.1 Å². The lowest BCUT2D eigenvalue weighted by Crippen LogP contribution is -2.35. The maximum atomic E-state index is 12.3. The minimum absolute atomic E-state index is 0.232. The first kappa shape index (κ1) is 17.4. The molecule has 1 aliphatic heterocycles. The van der Waals surface area contributed by atoms with Gasteiger partial charge in [-0.2, -0.15) is 0 Å². The fourth-order valence-corrected chi connectivity index (χ4v) is 2.94. The van der Waals surface area contributed by atoms with E-state index in [1.165, 1.54) is 6.42 Å². The van der Waals surface area contributed by atoms with Gasteiger partial charge in [-0.05, 0) is 57.2 Å². The van der Waals surface area contributed by atoms with Gasteiger partial charge in [-0.15, -0.1) is 0 Å². The maximum Gasteiger partial charge on any atom is 0.222 e. The third-order valence-corrected chi connectivity index (χ3v) is 4.07. The summed E-state index contributed by atoms with van der Waals surface area (Å²) in [5.74, 6) is 1.49. The van der Waals surface area contributed by atoms with Crippen LogP contribution < -0.4 is 15.2 Å². The third-order valence-electron chi connectivity index (χ3n) is 4.07. The molecule has 1 aliphatic rings. The number of hydrogen-bond donors (Lipinski definition) is 1. The Morgan fingerprint density at radius 3 is 2.48 bits per heavy atom. The highest BCUT2D eigenvalue weighted by Gasteiger charge is 2.17. The van der Waals surface area contributed by atoms with Crippen molar-refractivity contribution < 1.29 is 14.3 Å². The fourth-order valence-electron chi connectivity index (χ4n) is 2.94. The molecule has 0 atom stereocenters. The number of piperidine rings is 1. The van der Waals surface area contributed by atoms with Crippen LogP contribution in [0.25, 0.3) is 0 Å². The molecule has 0 aromatic heterocycles. The van der Waals surface area contributed by atoms with Gasteiger partial charge < -0.3 is 20.1 Å². The van der Waals surface area contributed by atoms with Gasteiger partial charge in [0.05, 0.1) is 18.9 Å². The van der Waals surface area contributed by atoms with E-state index in [9.17, 15) is 4.79 Å². The van der Waals surface area contributed by atoms with E-state index in [1.54, 1.807) is 0 Å². The number of aryl methyl sites for hydroxylation is 1. The summed E-state index contributed by atoms with van der Waals surface area (Å²) in [5, 5.41) is 0. The summed E-state index contributed by atoms with van der Waals surface area (Å²) in [4.78, 5) is 14.3. The van der Waals surface area contributed by atoms with E-state index in [4.69, 9.17) is 15.2 Å². The molecule has 0 bridgehead atoms. The lowest BCUT2D eigenvalue weighted by atomic mass is 10.1. The minimum Gasteiger partial charge on any atom is -0.490 e. The van der Waals surface area contributed by atoms with Gasteiger partial charge in [-0.1, -0.05) is 0 Å². The Kier molecular flexibility index (Phi) is 6.56. The quantitative estimate of drug-likeness (QED) is 0.784. The fraction of sp³-hybridized carbons (Fsp3) is 0.611. The molecule has 0 saturated carbocycles. The standard InChI is InChI=1S/C18H28N2O3/c1-3-22-16-13-14(12-15(19)18(16)23-4-2)8-9-17(21)20-10-6-5-7-11-20/h12-13H,3-11,19H2,1-2H3. The average Bonchev–Trinajstić information content (AvgIpc) is 2.57. The van der Waals surface area contributed by atoms with Gasteiger partial charge in [0.2, 0.25) is 5.91 Å². The van der Waals surface area contributed by atoms with E-state index in [-0.39, 0.29) is 5.91 Å². The molecule has 5 nitrogen and oxygen atoms in total. The summed E-state index contributed by atoms with van der Waals surface area (Å²) >= 11 is 0. The normalized spacial score (nSPS) is 14.6. The van der Waals surface area contributed by atoms with E-state index < -0.39 is 0 Å². The molecule has 128 valence electrons. The Morgan fingerprint density at radius 2 is 1.83 bits per heavy atom. The van der Waals surface area contributed by atoms with Crippen molar-refractivity contribution in [1.29, 1.82) is 0 Å². The first-order chi connectivity index (χ1) is 11.2. The third kappa shape index (κ3) is 4.78. The predicted molar refractivity (Wildman–Crippen MR) is 91.9 cm³/mol. The maximum absolute atomic E-state index is 12.3. The Labute approximate surface area is 138 Å². The molecule has 1 aromatic rings. The Bertz CT molecular complexity index is 525. The molecule has 2 N–H and O–H groups in total. The molecule has 1 amide bonds. The van der Waals surface area contributed by atoms with Crippen molar-refractivity contribution >= 4 is 11.6 Å². The Balaban J connectivity index is 2.02. The van der Waals surface area contributed by atoms with Crippen LogP contribution in [0.15, 0.2) is 12.1 Å². The molecule has 0 unspecified atom stereocenters. The zero-order chi connectivity index (χ0) is 16.7. The Hall–Kier alpha value is -1.91. The lowest BCUT2D eigenvalue weighted by Gasteiger charge is -2.26. The van der Waals surface area contributed by atoms with Crippen molar-refractivity contribution in [2.45, 2.75) is 46.0 Å². The van der Waals surface area contributed by atoms with Gasteiger partial charge in [0.1, 0.15) is 0 Å². The molecule has 0 radical (unpaired) electrons. The highest BCUT2D eigenvalue weighted by Crippen LogP contribution is 2.35. The Morgan fingerprint density at radius 1 is 1.13 bits per heavy atom. The number of rotatable bonds is 7. The molecule has 0 spiro atoms. The van der Waals surface area contributed by atoms with Crippen molar-refractivity contribution in [3.63, 3.8) is 0 Å². The molecule has 1 fully saturated rings. The van der Waals surface area contributed by atoms with Gasteiger partial charge in [-0.3, -0.25) is 4.79 Å². The number of nitrogens with two attached hydrogens (primary N) is 1. The first-order valence-electron chi connectivity index (χ1n) is 8.61. The van der Waals surface area contributed by atoms with Crippen LogP contribution in [-0.2, 0) is 11.2 Å². The average molecular weight is 320 g/mol. The summed E-state index contributed by atoms with van der Waals surface area (Å²) in [6, 6.07) is 3.82. The molecule has 5 heteroatoms. The zero-order valence-electron chi connectivity index (χ0n) is 14.3. The summed E-state index contributed by atoms with van der Waals surface area (Å²) in [6.45, 7) is 6.73. The van der Waals surface area contributed by atoms with Crippen LogP contribution >= 0.6 is 0 Å². The molecule has 1 saturated heterocycles. The number of anilines is 1. The van der Waals surface area contributed by atoms with Crippen LogP contribution in [0.3, 0.4) is 0 Å². The highest BCUT2D eigenvalue weighted by molar-refractivity contribution is 5.76. The molecule has 0 aliphatic carbocycles. The second-order valence-corrected chi connectivity index (χ2v) is 5.82. The second-order valence-electron chi connectivity index (χ2n) is 5.82. The zero-order valence-corrected chi connectivity index (χ0v) is 14.3. The van der Waals surface area contributed by atoms with Crippen molar-refractivity contribution in [1.82, 2.24) is 4.90 Å². The van der Waals surface area contributed by atoms with Gasteiger partial charge in [0.25, 0.3) is 0 Å². The van der Waals surface area contributed by atoms with Gasteiger partial charge >= 0.3 is 0 Å². The van der Waals surface area contributed by atoms with Crippen molar-refractivity contribution in [2.75, 3.05) is 32.0 Å². The van der Waals surface area contributed by atoms with E-state index in [0.717, 1.165) is 31.5 Å². The highest BCUT2D eigenvalue weighted by atomic mass is 16.5. The summed E-state index contributed by atoms with van der Waals surface area (Å²) in [6.07, 6.45) is 4.66. The summed E-state index contributed by atoms with van der Waals surface area (Å²) in [7, 11) is 0. The van der Waals surface area contributed by atoms with Crippen LogP contribution in [0, 0.1) is 0 Å². The number of likely N-dealkylation sites (tertiary alicyclic amines) is 1. The van der Waals surface area contributed by atoms with Crippen molar-refractivity contribution in [3.8, 4) is 11.5 Å². The molecule has 2 rings (SSSR count). The monoisotopic (exact) mass is 320 g/mol. The van der Waals surface area contributed by atoms with Crippen molar-refractivity contribution in [3.05, 3.63) is 17.7 Å². The number of carbonyl (C=O) groups excluding carboxylic acids is 1. The van der Waals surface area contributed by atoms with Crippen LogP contribution in [0.2, 0.25) is 0 Å². The SMILES string of the molecule is CCOc1cc(CCC(=O)N2CCCCC2)cc(N)c1OCC. The predicted octanol–water partition coefficient (Wildman–Crippen LogP) is 3.01. The number of ether oxygens (including phenoxy) is 2. The second kappa shape index (κ2) is 8.65.